The topological polar surface area (TPSA) is 29.4 Å². The van der Waals surface area contributed by atoms with E-state index < -0.39 is 15.2 Å². The number of unbranched alkanes of at least 4 members (excludes halogenated alkanes) is 4. The fourth-order valence-corrected chi connectivity index (χ4v) is 3.04. The molecule has 6 heteroatoms. The lowest BCUT2D eigenvalue weighted by Crippen LogP contribution is -2.22. The summed E-state index contributed by atoms with van der Waals surface area (Å²) in [4.78, 5) is -0.312. The first-order valence-corrected chi connectivity index (χ1v) is 8.46. The molecule has 0 saturated heterocycles. The quantitative estimate of drug-likeness (QED) is 0.609. The van der Waals surface area contributed by atoms with Crippen molar-refractivity contribution in [3.63, 3.8) is 0 Å². The smallest absolute Gasteiger partial charge is 0.235 e. The van der Waals surface area contributed by atoms with Gasteiger partial charge in [0, 0.05) is 6.20 Å². The minimum atomic E-state index is -4.89. The third-order valence-electron chi connectivity index (χ3n) is 2.92. The van der Waals surface area contributed by atoms with Crippen molar-refractivity contribution in [3.05, 3.63) is 42.6 Å². The van der Waals surface area contributed by atoms with Crippen molar-refractivity contribution in [2.45, 2.75) is 49.4 Å². The normalized spacial score (nSPS) is 15.0. The number of nitrogens with zero attached hydrogens (tertiary/aromatic N) is 1. The Balaban J connectivity index is 2.88. The van der Waals surface area contributed by atoms with Gasteiger partial charge in [-0.25, -0.2) is 4.21 Å². The Hall–Kier alpha value is -1.30. The van der Waals surface area contributed by atoms with Gasteiger partial charge in [0.2, 0.25) is 0 Å². The first-order valence-electron chi connectivity index (χ1n) is 6.94. The monoisotopic (exact) mass is 319 g/mol. The van der Waals surface area contributed by atoms with Crippen molar-refractivity contribution in [1.82, 2.24) is 0 Å². The molecular formula is C15H20F3NOS. The van der Waals surface area contributed by atoms with Crippen molar-refractivity contribution < 1.29 is 17.4 Å². The Labute approximate surface area is 124 Å². The van der Waals surface area contributed by atoms with Crippen molar-refractivity contribution in [2.24, 2.45) is 4.36 Å². The number of rotatable bonds is 7. The van der Waals surface area contributed by atoms with Crippen LogP contribution in [-0.4, -0.2) is 9.72 Å². The van der Waals surface area contributed by atoms with Crippen LogP contribution in [0.15, 0.2) is 51.9 Å². The van der Waals surface area contributed by atoms with E-state index in [-0.39, 0.29) is 4.90 Å². The van der Waals surface area contributed by atoms with E-state index in [1.165, 1.54) is 24.3 Å². The molecule has 0 N–H and O–H groups in total. The standard InChI is InChI=1S/C15H20F3NOS/c1-2-3-4-5-6-10-13-19-21(20,15(16,17)18)14-11-8-7-9-12-14/h7-13H,2-6H2,1H3/b13-10+. The molecule has 0 fully saturated rings. The van der Waals surface area contributed by atoms with Crippen LogP contribution in [0.1, 0.15) is 39.0 Å². The Morgan fingerprint density at radius 2 is 1.81 bits per heavy atom. The Bertz CT molecular complexity index is 558. The second-order valence-electron chi connectivity index (χ2n) is 4.62. The first-order chi connectivity index (χ1) is 9.92. The number of allylic oxidation sites excluding steroid dienone is 1. The van der Waals surface area contributed by atoms with Gasteiger partial charge in [0.25, 0.3) is 0 Å². The second-order valence-corrected chi connectivity index (χ2v) is 6.82. The second kappa shape index (κ2) is 8.22. The molecule has 1 unspecified atom stereocenters. The number of alkyl halides is 3. The molecule has 118 valence electrons. The SMILES string of the molecule is CCCCCC/C=C/N=S(=O)(c1ccccc1)C(F)(F)F. The molecule has 0 aliphatic carbocycles. The summed E-state index contributed by atoms with van der Waals surface area (Å²) in [7, 11) is -4.44. The summed E-state index contributed by atoms with van der Waals surface area (Å²) < 4.78 is 54.7. The molecule has 0 spiro atoms. The van der Waals surface area contributed by atoms with E-state index in [0.717, 1.165) is 31.9 Å². The van der Waals surface area contributed by atoms with Crippen LogP contribution in [0.5, 0.6) is 0 Å². The van der Waals surface area contributed by atoms with Gasteiger partial charge in [-0.15, -0.1) is 0 Å². The lowest BCUT2D eigenvalue weighted by molar-refractivity contribution is -0.0402. The fourth-order valence-electron chi connectivity index (χ4n) is 1.75. The highest BCUT2D eigenvalue weighted by atomic mass is 32.2. The van der Waals surface area contributed by atoms with Gasteiger partial charge < -0.3 is 0 Å². The molecule has 1 atom stereocenters. The van der Waals surface area contributed by atoms with Gasteiger partial charge in [0.1, 0.15) is 0 Å². The highest BCUT2D eigenvalue weighted by Gasteiger charge is 2.44. The minimum absolute atomic E-state index is 0.312. The van der Waals surface area contributed by atoms with E-state index >= 15 is 0 Å². The molecule has 21 heavy (non-hydrogen) atoms. The predicted octanol–water partition coefficient (Wildman–Crippen LogP) is 5.52. The van der Waals surface area contributed by atoms with E-state index in [1.807, 2.05) is 0 Å². The number of benzene rings is 1. The first kappa shape index (κ1) is 17.8. The maximum Gasteiger partial charge on any atom is 0.483 e. The van der Waals surface area contributed by atoms with Gasteiger partial charge in [-0.05, 0) is 25.0 Å². The van der Waals surface area contributed by atoms with Crippen LogP contribution in [-0.2, 0) is 9.73 Å². The van der Waals surface area contributed by atoms with E-state index in [1.54, 1.807) is 12.1 Å². The molecular weight excluding hydrogens is 299 g/mol. The predicted molar refractivity (Wildman–Crippen MR) is 79.2 cm³/mol. The molecule has 1 rings (SSSR count). The van der Waals surface area contributed by atoms with Gasteiger partial charge in [0.05, 0.1) is 4.90 Å². The van der Waals surface area contributed by atoms with Crippen LogP contribution >= 0.6 is 0 Å². The van der Waals surface area contributed by atoms with E-state index in [0.29, 0.717) is 6.42 Å². The average molecular weight is 319 g/mol. The zero-order chi connectivity index (χ0) is 15.8. The molecule has 0 amide bonds. The van der Waals surface area contributed by atoms with Crippen LogP contribution in [0, 0.1) is 0 Å². The van der Waals surface area contributed by atoms with Crippen LogP contribution in [0.3, 0.4) is 0 Å². The Kier molecular flexibility index (Phi) is 6.95. The van der Waals surface area contributed by atoms with Gasteiger partial charge in [0.15, 0.2) is 9.73 Å². The third kappa shape index (κ3) is 5.19. The van der Waals surface area contributed by atoms with Gasteiger partial charge in [-0.1, -0.05) is 50.5 Å². The van der Waals surface area contributed by atoms with Crippen LogP contribution in [0.4, 0.5) is 13.2 Å². The van der Waals surface area contributed by atoms with Crippen LogP contribution < -0.4 is 0 Å². The van der Waals surface area contributed by atoms with Gasteiger partial charge in [-0.2, -0.15) is 17.5 Å². The molecule has 0 radical (unpaired) electrons. The summed E-state index contributed by atoms with van der Waals surface area (Å²) in [6.07, 6.45) is 7.37. The van der Waals surface area contributed by atoms with Crippen LogP contribution in [0.2, 0.25) is 0 Å². The summed E-state index contributed by atoms with van der Waals surface area (Å²) in [5.74, 6) is 0. The molecule has 0 aliphatic rings. The minimum Gasteiger partial charge on any atom is -0.235 e. The molecule has 0 aromatic heterocycles. The van der Waals surface area contributed by atoms with Gasteiger partial charge >= 0.3 is 5.51 Å². The maximum atomic E-state index is 13.1. The van der Waals surface area contributed by atoms with E-state index in [2.05, 4.69) is 11.3 Å². The Morgan fingerprint density at radius 1 is 1.14 bits per heavy atom. The molecule has 0 bridgehead atoms. The molecule has 0 saturated carbocycles. The fraction of sp³-hybridized carbons (Fsp3) is 0.467. The average Bonchev–Trinajstić information content (AvgIpc) is 2.46. The Morgan fingerprint density at radius 3 is 2.38 bits per heavy atom. The molecule has 1 aromatic rings. The maximum absolute atomic E-state index is 13.1. The lowest BCUT2D eigenvalue weighted by Gasteiger charge is -2.12. The van der Waals surface area contributed by atoms with Crippen LogP contribution in [0.25, 0.3) is 0 Å². The molecule has 1 aromatic carbocycles. The summed E-state index contributed by atoms with van der Waals surface area (Å²) in [5.41, 5.74) is -4.89. The van der Waals surface area contributed by atoms with Crippen molar-refractivity contribution >= 4 is 9.73 Å². The van der Waals surface area contributed by atoms with Gasteiger partial charge in [-0.3, -0.25) is 0 Å². The van der Waals surface area contributed by atoms with E-state index in [9.17, 15) is 17.4 Å². The molecule has 2 nitrogen and oxygen atoms in total. The summed E-state index contributed by atoms with van der Waals surface area (Å²) in [5, 5.41) is 0. The van der Waals surface area contributed by atoms with Crippen molar-refractivity contribution in [2.75, 3.05) is 0 Å². The zero-order valence-electron chi connectivity index (χ0n) is 12.0. The number of halogens is 3. The molecule has 0 aliphatic heterocycles. The summed E-state index contributed by atoms with van der Waals surface area (Å²) in [6.45, 7) is 2.09. The summed E-state index contributed by atoms with van der Waals surface area (Å²) >= 11 is 0. The number of hydrogen-bond donors (Lipinski definition) is 0. The highest BCUT2D eigenvalue weighted by Crippen LogP contribution is 2.32. The summed E-state index contributed by atoms with van der Waals surface area (Å²) in [6, 6.07) is 6.79. The third-order valence-corrected chi connectivity index (χ3v) is 4.87. The zero-order valence-corrected chi connectivity index (χ0v) is 12.8. The number of hydrogen-bond acceptors (Lipinski definition) is 2. The lowest BCUT2D eigenvalue weighted by atomic mass is 10.1. The molecule has 0 heterocycles. The largest absolute Gasteiger partial charge is 0.483 e. The van der Waals surface area contributed by atoms with Crippen molar-refractivity contribution in [3.8, 4) is 0 Å². The highest BCUT2D eigenvalue weighted by molar-refractivity contribution is 7.94. The van der Waals surface area contributed by atoms with Crippen molar-refractivity contribution in [1.29, 1.82) is 0 Å². The van der Waals surface area contributed by atoms with E-state index in [4.69, 9.17) is 0 Å².